The predicted octanol–water partition coefficient (Wildman–Crippen LogP) is 5.09. The Balaban J connectivity index is 0.000000167. The summed E-state index contributed by atoms with van der Waals surface area (Å²) in [6, 6.07) is 15.5. The van der Waals surface area contributed by atoms with Crippen LogP contribution in [0.1, 0.15) is 22.3 Å². The molecule has 19 heteroatoms. The minimum atomic E-state index is -0.150. The van der Waals surface area contributed by atoms with Crippen LogP contribution in [0, 0.1) is 0 Å². The second-order valence-corrected chi connectivity index (χ2v) is 18.3. The third kappa shape index (κ3) is 14.3. The van der Waals surface area contributed by atoms with Gasteiger partial charge in [0.1, 0.15) is 69.2 Å². The molecule has 0 spiro atoms. The van der Waals surface area contributed by atoms with Gasteiger partial charge >= 0.3 is 0 Å². The summed E-state index contributed by atoms with van der Waals surface area (Å²) >= 11 is 0. The molecule has 7 fully saturated rings. The van der Waals surface area contributed by atoms with Crippen molar-refractivity contribution in [2.45, 2.75) is 69.2 Å². The fraction of sp³-hybridized carbons (Fsp3) is 0.547. The van der Waals surface area contributed by atoms with Gasteiger partial charge in [0.2, 0.25) is 0 Å². The van der Waals surface area contributed by atoms with Gasteiger partial charge in [-0.15, -0.1) is 0 Å². The van der Waals surface area contributed by atoms with Crippen LogP contribution in [-0.4, -0.2) is 169 Å². The van der Waals surface area contributed by atoms with Gasteiger partial charge in [0.15, 0.2) is 46.0 Å². The minimum Gasteiger partial charge on any atom is -0.493 e. The smallest absolute Gasteiger partial charge is 0.169 e. The molecular weight excluding hydrogens is 941 g/mol. The Labute approximate surface area is 418 Å². The molecule has 19 nitrogen and oxygen atoms in total. The first-order chi connectivity index (χ1) is 35.4. The Morgan fingerprint density at radius 3 is 0.792 bits per heavy atom. The van der Waals surface area contributed by atoms with E-state index < -0.39 is 0 Å². The number of hydrogen-bond donors (Lipinski definition) is 1. The summed E-state index contributed by atoms with van der Waals surface area (Å²) in [7, 11) is 6.45. The maximum absolute atomic E-state index is 9.91. The van der Waals surface area contributed by atoms with Crippen molar-refractivity contribution in [1.29, 1.82) is 0 Å². The van der Waals surface area contributed by atoms with E-state index in [1.807, 2.05) is 30.3 Å². The molecule has 0 aromatic heterocycles. The van der Waals surface area contributed by atoms with Gasteiger partial charge < -0.3 is 90.4 Å². The molecule has 4 aromatic carbocycles. The van der Waals surface area contributed by atoms with Crippen molar-refractivity contribution < 1.29 is 90.4 Å². The van der Waals surface area contributed by atoms with Gasteiger partial charge in [0, 0.05) is 22.3 Å². The molecule has 0 amide bonds. The highest BCUT2D eigenvalue weighted by molar-refractivity contribution is 5.83. The highest BCUT2D eigenvalue weighted by Gasteiger charge is 2.32. The quantitative estimate of drug-likeness (QED) is 0.0651. The van der Waals surface area contributed by atoms with E-state index >= 15 is 0 Å². The molecule has 7 heterocycles. The first-order valence-electron chi connectivity index (χ1n) is 24.4. The number of hydrogen-bond acceptors (Lipinski definition) is 19. The van der Waals surface area contributed by atoms with Crippen LogP contribution in [0.2, 0.25) is 0 Å². The van der Waals surface area contributed by atoms with E-state index in [0.717, 1.165) is 58.8 Å². The third-order valence-corrected chi connectivity index (χ3v) is 12.3. The molecule has 1 N–H and O–H groups in total. The first kappa shape index (κ1) is 50.4. The van der Waals surface area contributed by atoms with Crippen molar-refractivity contribution >= 4 is 0 Å². The predicted molar refractivity (Wildman–Crippen MR) is 255 cm³/mol. The largest absolute Gasteiger partial charge is 0.493 e. The lowest BCUT2D eigenvalue weighted by molar-refractivity contribution is 0.104. The standard InChI is InChI=1S/C28H34O10.C25H30O9/c1-29-25-5-17(7-31-9-19-11-33-19)3-23(27(25)37-15-21-13-35-21)24-4-18(8-32-10-20-12-34-20)6-26(30-2)28(24)38-16-22-14-36-22;1-27-22-5-15(7-26)3-20(24(22)33-13-18-11-31-18)21-4-16(8-29-9-17-10-30-17)6-23(28-2)25(21)34-14-19-12-32-19/h3-6,19-22H,7-16H2,1-2H3;3-6,17-19,26H,7-14H2,1-2H3. The maximum atomic E-state index is 9.91. The maximum Gasteiger partial charge on any atom is 0.169 e. The van der Waals surface area contributed by atoms with E-state index in [0.29, 0.717) is 144 Å². The van der Waals surface area contributed by atoms with Crippen LogP contribution in [0.4, 0.5) is 0 Å². The molecule has 0 saturated carbocycles. The van der Waals surface area contributed by atoms with Crippen molar-refractivity contribution in [3.05, 3.63) is 70.8 Å². The monoisotopic (exact) mass is 1000 g/mol. The van der Waals surface area contributed by atoms with Gasteiger partial charge in [-0.05, 0) is 70.8 Å². The average Bonchev–Trinajstić information content (AvgIpc) is 4.20. The normalized spacial score (nSPS) is 23.5. The SMILES string of the molecule is COc1cc(CO)cc(-c2cc(COCC3CO3)cc(OC)c2OCC2CO2)c1OCC1CO1.COc1cc(COCC2CO2)cc(-c2cc(COCC3CO3)cc(OC)c2OCC2CO2)c1OCC1CO1. The van der Waals surface area contributed by atoms with Crippen molar-refractivity contribution in [2.24, 2.45) is 0 Å². The van der Waals surface area contributed by atoms with E-state index in [1.165, 1.54) is 0 Å². The number of rotatable bonds is 31. The highest BCUT2D eigenvalue weighted by Crippen LogP contribution is 2.49. The van der Waals surface area contributed by atoms with Crippen LogP contribution in [0.15, 0.2) is 48.5 Å². The fourth-order valence-electron chi connectivity index (χ4n) is 7.76. The Morgan fingerprint density at radius 2 is 0.569 bits per heavy atom. The summed E-state index contributed by atoms with van der Waals surface area (Å²) in [4.78, 5) is 0. The summed E-state index contributed by atoms with van der Waals surface area (Å²) in [6.07, 6.45) is 0.842. The summed E-state index contributed by atoms with van der Waals surface area (Å²) in [6.45, 7) is 9.30. The van der Waals surface area contributed by atoms with Gasteiger partial charge in [-0.3, -0.25) is 0 Å². The minimum absolute atomic E-state index is 0.0664. The van der Waals surface area contributed by atoms with Crippen LogP contribution < -0.4 is 37.9 Å². The van der Waals surface area contributed by atoms with E-state index in [4.69, 9.17) is 85.3 Å². The second-order valence-electron chi connectivity index (χ2n) is 18.3. The van der Waals surface area contributed by atoms with Crippen LogP contribution in [-0.2, 0) is 73.8 Å². The summed E-state index contributed by atoms with van der Waals surface area (Å²) < 4.78 is 103. The molecule has 0 bridgehead atoms. The molecule has 4 aromatic rings. The second kappa shape index (κ2) is 23.8. The molecule has 72 heavy (non-hydrogen) atoms. The lowest BCUT2D eigenvalue weighted by Gasteiger charge is -2.21. The summed E-state index contributed by atoms with van der Waals surface area (Å²) in [5.74, 6) is 4.63. The molecule has 7 aliphatic rings. The number of benzene rings is 4. The van der Waals surface area contributed by atoms with E-state index in [9.17, 15) is 5.11 Å². The molecule has 7 unspecified atom stereocenters. The Kier molecular flexibility index (Phi) is 16.7. The lowest BCUT2D eigenvalue weighted by atomic mass is 9.97. The molecule has 390 valence electrons. The number of epoxide rings is 7. The van der Waals surface area contributed by atoms with Crippen molar-refractivity contribution in [1.82, 2.24) is 0 Å². The summed E-state index contributed by atoms with van der Waals surface area (Å²) in [5, 5.41) is 9.91. The van der Waals surface area contributed by atoms with Crippen molar-refractivity contribution in [3.8, 4) is 68.2 Å². The Morgan fingerprint density at radius 1 is 0.347 bits per heavy atom. The van der Waals surface area contributed by atoms with Gasteiger partial charge in [0.05, 0.1) is 121 Å². The number of aliphatic hydroxyl groups excluding tert-OH is 1. The van der Waals surface area contributed by atoms with Gasteiger partial charge in [-0.25, -0.2) is 0 Å². The van der Waals surface area contributed by atoms with Gasteiger partial charge in [-0.1, -0.05) is 0 Å². The van der Waals surface area contributed by atoms with E-state index in [-0.39, 0.29) is 49.3 Å². The average molecular weight is 1010 g/mol. The molecule has 11 rings (SSSR count). The fourth-order valence-corrected chi connectivity index (χ4v) is 7.76. The molecule has 7 saturated heterocycles. The zero-order valence-corrected chi connectivity index (χ0v) is 41.2. The van der Waals surface area contributed by atoms with Crippen LogP contribution >= 0.6 is 0 Å². The molecule has 0 aliphatic carbocycles. The number of aliphatic hydroxyl groups is 1. The summed E-state index contributed by atoms with van der Waals surface area (Å²) in [5.41, 5.74) is 6.57. The van der Waals surface area contributed by atoms with Crippen LogP contribution in [0.25, 0.3) is 22.3 Å². The zero-order chi connectivity index (χ0) is 49.4. The van der Waals surface area contributed by atoms with Crippen LogP contribution in [0.3, 0.4) is 0 Å². The molecule has 7 aliphatic heterocycles. The van der Waals surface area contributed by atoms with Crippen molar-refractivity contribution in [2.75, 3.05) is 121 Å². The molecule has 0 radical (unpaired) electrons. The van der Waals surface area contributed by atoms with Gasteiger partial charge in [-0.2, -0.15) is 0 Å². The highest BCUT2D eigenvalue weighted by atomic mass is 16.6. The molecular formula is C53H64O19. The van der Waals surface area contributed by atoms with E-state index in [1.54, 1.807) is 34.5 Å². The topological polar surface area (TPSA) is 209 Å². The molecule has 7 atom stereocenters. The zero-order valence-electron chi connectivity index (χ0n) is 41.2. The van der Waals surface area contributed by atoms with Gasteiger partial charge in [0.25, 0.3) is 0 Å². The number of ether oxygens (including phenoxy) is 18. The number of methoxy groups -OCH3 is 4. The Hall–Kier alpha value is -5.16. The lowest BCUT2D eigenvalue weighted by Crippen LogP contribution is -2.10. The van der Waals surface area contributed by atoms with Crippen molar-refractivity contribution in [3.63, 3.8) is 0 Å². The van der Waals surface area contributed by atoms with E-state index in [2.05, 4.69) is 12.1 Å². The first-order valence-corrected chi connectivity index (χ1v) is 24.4. The third-order valence-electron chi connectivity index (χ3n) is 12.3. The Bertz CT molecular complexity index is 2350. The van der Waals surface area contributed by atoms with Crippen LogP contribution in [0.5, 0.6) is 46.0 Å².